The number of anilines is 1. The fraction of sp³-hybridized carbons (Fsp3) is 0.130. The number of hydrogen-bond acceptors (Lipinski definition) is 4. The summed E-state index contributed by atoms with van der Waals surface area (Å²) < 4.78 is 10.3. The third kappa shape index (κ3) is 4.98. The van der Waals surface area contributed by atoms with Crippen LogP contribution >= 0.6 is 0 Å². The Morgan fingerprint density at radius 1 is 0.857 bits per heavy atom. The molecule has 0 saturated carbocycles. The standard InChI is InChI=1S/C23H21NO4/c1-27-23(26)19-12-6-8-14-21(19)28-16-22(25)24-20-13-7-5-11-18(20)15-17-9-3-2-4-10-17/h2-14H,15-16H2,1H3,(H,24,25). The molecule has 0 saturated heterocycles. The molecule has 0 aliphatic heterocycles. The Bertz CT molecular complexity index is 954. The summed E-state index contributed by atoms with van der Waals surface area (Å²) in [6, 6.07) is 24.4. The lowest BCUT2D eigenvalue weighted by molar-refractivity contribution is -0.118. The van der Waals surface area contributed by atoms with Gasteiger partial charge in [-0.05, 0) is 35.7 Å². The number of nitrogens with one attached hydrogen (secondary N) is 1. The monoisotopic (exact) mass is 375 g/mol. The van der Waals surface area contributed by atoms with Crippen LogP contribution in [0.3, 0.4) is 0 Å². The molecule has 3 rings (SSSR count). The molecule has 0 unspecified atom stereocenters. The van der Waals surface area contributed by atoms with Crippen molar-refractivity contribution in [2.75, 3.05) is 19.0 Å². The molecule has 1 N–H and O–H groups in total. The summed E-state index contributed by atoms with van der Waals surface area (Å²) in [4.78, 5) is 24.2. The first-order valence-corrected chi connectivity index (χ1v) is 8.89. The van der Waals surface area contributed by atoms with Crippen molar-refractivity contribution in [2.45, 2.75) is 6.42 Å². The molecule has 0 atom stereocenters. The quantitative estimate of drug-likeness (QED) is 0.632. The fourth-order valence-corrected chi connectivity index (χ4v) is 2.81. The molecule has 0 spiro atoms. The summed E-state index contributed by atoms with van der Waals surface area (Å²) in [6.07, 6.45) is 0.712. The van der Waals surface area contributed by atoms with Crippen molar-refractivity contribution in [3.63, 3.8) is 0 Å². The number of rotatable bonds is 7. The first kappa shape index (κ1) is 19.2. The second kappa shape index (κ2) is 9.37. The number of para-hydroxylation sites is 2. The van der Waals surface area contributed by atoms with Crippen molar-refractivity contribution >= 4 is 17.6 Å². The van der Waals surface area contributed by atoms with Crippen molar-refractivity contribution < 1.29 is 19.1 Å². The molecule has 28 heavy (non-hydrogen) atoms. The maximum absolute atomic E-state index is 12.4. The molecule has 142 valence electrons. The zero-order valence-corrected chi connectivity index (χ0v) is 15.6. The van der Waals surface area contributed by atoms with E-state index in [1.807, 2.05) is 54.6 Å². The Balaban J connectivity index is 1.66. The average molecular weight is 375 g/mol. The van der Waals surface area contributed by atoms with Crippen LogP contribution in [0.25, 0.3) is 0 Å². The minimum Gasteiger partial charge on any atom is -0.483 e. The molecular formula is C23H21NO4. The van der Waals surface area contributed by atoms with Crippen molar-refractivity contribution in [2.24, 2.45) is 0 Å². The number of ether oxygens (including phenoxy) is 2. The van der Waals surface area contributed by atoms with E-state index in [9.17, 15) is 9.59 Å². The number of esters is 1. The number of hydrogen-bond donors (Lipinski definition) is 1. The van der Waals surface area contributed by atoms with Crippen LogP contribution in [0.4, 0.5) is 5.69 Å². The van der Waals surface area contributed by atoms with Gasteiger partial charge in [-0.2, -0.15) is 0 Å². The van der Waals surface area contributed by atoms with Crippen LogP contribution in [-0.2, 0) is 16.0 Å². The zero-order valence-electron chi connectivity index (χ0n) is 15.6. The van der Waals surface area contributed by atoms with E-state index in [4.69, 9.17) is 9.47 Å². The molecule has 5 nitrogen and oxygen atoms in total. The molecule has 0 fully saturated rings. The van der Waals surface area contributed by atoms with Crippen LogP contribution in [0.15, 0.2) is 78.9 Å². The van der Waals surface area contributed by atoms with Gasteiger partial charge in [0, 0.05) is 5.69 Å². The van der Waals surface area contributed by atoms with Crippen LogP contribution in [0.1, 0.15) is 21.5 Å². The minimum absolute atomic E-state index is 0.215. The number of amides is 1. The van der Waals surface area contributed by atoms with Crippen molar-refractivity contribution in [3.8, 4) is 5.75 Å². The second-order valence-electron chi connectivity index (χ2n) is 6.14. The molecule has 0 aromatic heterocycles. The van der Waals surface area contributed by atoms with Gasteiger partial charge in [-0.3, -0.25) is 4.79 Å². The molecular weight excluding hydrogens is 354 g/mol. The highest BCUT2D eigenvalue weighted by atomic mass is 16.5. The van der Waals surface area contributed by atoms with Crippen LogP contribution in [0.2, 0.25) is 0 Å². The van der Waals surface area contributed by atoms with Crippen molar-refractivity contribution in [1.29, 1.82) is 0 Å². The molecule has 0 aliphatic carbocycles. The summed E-state index contributed by atoms with van der Waals surface area (Å²) in [5.41, 5.74) is 3.19. The van der Waals surface area contributed by atoms with E-state index in [2.05, 4.69) is 5.32 Å². The van der Waals surface area contributed by atoms with E-state index in [0.29, 0.717) is 12.2 Å². The van der Waals surface area contributed by atoms with Gasteiger partial charge in [0.05, 0.1) is 7.11 Å². The van der Waals surface area contributed by atoms with Crippen LogP contribution in [0, 0.1) is 0 Å². The molecule has 0 heterocycles. The van der Waals surface area contributed by atoms with Gasteiger partial charge in [-0.25, -0.2) is 4.79 Å². The zero-order chi connectivity index (χ0) is 19.8. The van der Waals surface area contributed by atoms with E-state index in [1.165, 1.54) is 7.11 Å². The summed E-state index contributed by atoms with van der Waals surface area (Å²) >= 11 is 0. The molecule has 5 heteroatoms. The number of carbonyl (C=O) groups is 2. The fourth-order valence-electron chi connectivity index (χ4n) is 2.81. The molecule has 0 radical (unpaired) electrons. The predicted octanol–water partition coefficient (Wildman–Crippen LogP) is 4.08. The summed E-state index contributed by atoms with van der Waals surface area (Å²) in [5, 5.41) is 2.88. The van der Waals surface area contributed by atoms with Gasteiger partial charge in [-0.15, -0.1) is 0 Å². The smallest absolute Gasteiger partial charge is 0.341 e. The molecule has 0 aliphatic rings. The van der Waals surface area contributed by atoms with Gasteiger partial charge in [0.2, 0.25) is 0 Å². The third-order valence-electron chi connectivity index (χ3n) is 4.18. The highest BCUT2D eigenvalue weighted by molar-refractivity contribution is 5.94. The summed E-state index contributed by atoms with van der Waals surface area (Å²) in [7, 11) is 1.30. The Morgan fingerprint density at radius 2 is 1.54 bits per heavy atom. The number of carbonyl (C=O) groups excluding carboxylic acids is 2. The highest BCUT2D eigenvalue weighted by Gasteiger charge is 2.14. The Kier molecular flexibility index (Phi) is 6.41. The topological polar surface area (TPSA) is 64.6 Å². The van der Waals surface area contributed by atoms with E-state index < -0.39 is 5.97 Å². The molecule has 3 aromatic carbocycles. The number of benzene rings is 3. The van der Waals surface area contributed by atoms with Gasteiger partial charge in [-0.1, -0.05) is 60.7 Å². The predicted molar refractivity (Wildman–Crippen MR) is 108 cm³/mol. The van der Waals surface area contributed by atoms with Gasteiger partial charge in [0.25, 0.3) is 5.91 Å². The van der Waals surface area contributed by atoms with E-state index in [0.717, 1.165) is 16.8 Å². The highest BCUT2D eigenvalue weighted by Crippen LogP contribution is 2.21. The van der Waals surface area contributed by atoms with E-state index >= 15 is 0 Å². The number of methoxy groups -OCH3 is 1. The summed E-state index contributed by atoms with van der Waals surface area (Å²) in [5.74, 6) is -0.508. The molecule has 0 bridgehead atoms. The average Bonchev–Trinajstić information content (AvgIpc) is 2.74. The lowest BCUT2D eigenvalue weighted by atomic mass is 10.0. The maximum atomic E-state index is 12.4. The van der Waals surface area contributed by atoms with Gasteiger partial charge < -0.3 is 14.8 Å². The van der Waals surface area contributed by atoms with Gasteiger partial charge in [0.15, 0.2) is 6.61 Å². The largest absolute Gasteiger partial charge is 0.483 e. The summed E-state index contributed by atoms with van der Waals surface area (Å²) in [6.45, 7) is -0.215. The minimum atomic E-state index is -0.510. The Hall–Kier alpha value is -3.60. The SMILES string of the molecule is COC(=O)c1ccccc1OCC(=O)Nc1ccccc1Cc1ccccc1. The van der Waals surface area contributed by atoms with Crippen LogP contribution in [0.5, 0.6) is 5.75 Å². The van der Waals surface area contributed by atoms with E-state index in [-0.39, 0.29) is 18.1 Å². The molecule has 1 amide bonds. The lowest BCUT2D eigenvalue weighted by Gasteiger charge is -2.13. The van der Waals surface area contributed by atoms with Crippen molar-refractivity contribution in [3.05, 3.63) is 95.6 Å². The maximum Gasteiger partial charge on any atom is 0.341 e. The second-order valence-corrected chi connectivity index (χ2v) is 6.14. The third-order valence-corrected chi connectivity index (χ3v) is 4.18. The first-order chi connectivity index (χ1) is 13.7. The van der Waals surface area contributed by atoms with Crippen LogP contribution < -0.4 is 10.1 Å². The van der Waals surface area contributed by atoms with Crippen molar-refractivity contribution in [1.82, 2.24) is 0 Å². The van der Waals surface area contributed by atoms with Gasteiger partial charge in [0.1, 0.15) is 11.3 Å². The first-order valence-electron chi connectivity index (χ1n) is 8.89. The molecule has 3 aromatic rings. The Labute approximate surface area is 163 Å². The Morgan fingerprint density at radius 3 is 2.32 bits per heavy atom. The normalized spacial score (nSPS) is 10.2. The van der Waals surface area contributed by atoms with Gasteiger partial charge >= 0.3 is 5.97 Å². The lowest BCUT2D eigenvalue weighted by Crippen LogP contribution is -2.21. The van der Waals surface area contributed by atoms with Crippen LogP contribution in [-0.4, -0.2) is 25.6 Å². The van der Waals surface area contributed by atoms with E-state index in [1.54, 1.807) is 24.3 Å².